The fourth-order valence-electron chi connectivity index (χ4n) is 10.4. The van der Waals surface area contributed by atoms with Gasteiger partial charge in [-0.2, -0.15) is 0 Å². The predicted molar refractivity (Wildman–Crippen MR) is 343 cm³/mol. The highest BCUT2D eigenvalue weighted by Crippen LogP contribution is 2.26. The molecule has 0 aromatic heterocycles. The Balaban J connectivity index is 2.62. The van der Waals surface area contributed by atoms with Gasteiger partial charge in [0.25, 0.3) is 0 Å². The van der Waals surface area contributed by atoms with E-state index in [1.165, 1.54) is 167 Å². The first kappa shape index (κ1) is 77.1. The van der Waals surface area contributed by atoms with Gasteiger partial charge in [0.2, 0.25) is 5.91 Å². The van der Waals surface area contributed by atoms with E-state index in [9.17, 15) is 35.1 Å². The molecule has 0 radical (unpaired) electrons. The first-order chi connectivity index (χ1) is 40.2. The third-order valence-corrected chi connectivity index (χ3v) is 15.8. The number of carbonyl (C=O) groups excluding carboxylic acids is 2. The van der Waals surface area contributed by atoms with Crippen LogP contribution in [0.2, 0.25) is 0 Å². The number of nitrogens with one attached hydrogen (secondary N) is 1. The number of hydrogen-bond acceptors (Lipinski definition) is 10. The van der Waals surface area contributed by atoms with E-state index >= 15 is 0 Å². The molecule has 8 atom stereocenters. The zero-order valence-electron chi connectivity index (χ0n) is 52.9. The maximum absolute atomic E-state index is 13.5. The quantitative estimate of drug-likeness (QED) is 0.0195. The number of ether oxygens (including phenoxy) is 3. The molecular formula is C71H127NO10. The number of allylic oxidation sites excluding steroid dienone is 11. The van der Waals surface area contributed by atoms with Crippen molar-refractivity contribution in [3.05, 3.63) is 72.9 Å². The Morgan fingerprint density at radius 1 is 0.476 bits per heavy atom. The van der Waals surface area contributed by atoms with Crippen molar-refractivity contribution < 1.29 is 49.3 Å². The number of aliphatic hydroxyl groups excluding tert-OH is 5. The molecule has 1 heterocycles. The summed E-state index contributed by atoms with van der Waals surface area (Å²) in [6.07, 6.45) is 65.0. The van der Waals surface area contributed by atoms with Gasteiger partial charge in [0.15, 0.2) is 12.4 Å². The van der Waals surface area contributed by atoms with E-state index in [4.69, 9.17) is 14.2 Å². The van der Waals surface area contributed by atoms with Crippen LogP contribution < -0.4 is 5.32 Å². The molecule has 476 valence electrons. The minimum Gasteiger partial charge on any atom is -0.454 e. The number of aliphatic hydroxyl groups is 5. The van der Waals surface area contributed by atoms with Crippen molar-refractivity contribution in [3.8, 4) is 0 Å². The molecule has 0 aromatic rings. The van der Waals surface area contributed by atoms with Gasteiger partial charge >= 0.3 is 5.97 Å². The second kappa shape index (κ2) is 58.5. The van der Waals surface area contributed by atoms with Crippen LogP contribution in [0, 0.1) is 0 Å². The lowest BCUT2D eigenvalue weighted by atomic mass is 9.99. The van der Waals surface area contributed by atoms with Crippen molar-refractivity contribution in [1.82, 2.24) is 5.32 Å². The van der Waals surface area contributed by atoms with E-state index in [1.807, 2.05) is 6.08 Å². The molecular weight excluding hydrogens is 1030 g/mol. The van der Waals surface area contributed by atoms with E-state index in [1.54, 1.807) is 6.08 Å². The Labute approximate surface area is 502 Å². The number of unbranched alkanes of at least 4 members (excludes halogenated alkanes) is 34. The molecule has 0 saturated carbocycles. The molecule has 0 spiro atoms. The molecule has 1 amide bonds. The maximum Gasteiger partial charge on any atom is 0.306 e. The summed E-state index contributed by atoms with van der Waals surface area (Å²) in [5.74, 6) is -1.20. The zero-order valence-corrected chi connectivity index (χ0v) is 52.9. The van der Waals surface area contributed by atoms with Gasteiger partial charge in [0.1, 0.15) is 24.4 Å². The van der Waals surface area contributed by atoms with E-state index in [0.717, 1.165) is 89.9 Å². The molecule has 1 aliphatic heterocycles. The highest BCUT2D eigenvalue weighted by atomic mass is 16.7. The summed E-state index contributed by atoms with van der Waals surface area (Å²) in [6.45, 7) is 5.76. The van der Waals surface area contributed by atoms with Gasteiger partial charge in [0.05, 0.1) is 25.4 Å². The summed E-state index contributed by atoms with van der Waals surface area (Å²) in [6, 6.07) is -1.03. The minimum absolute atomic E-state index is 0.117. The molecule has 11 nitrogen and oxygen atoms in total. The van der Waals surface area contributed by atoms with Gasteiger partial charge in [-0.3, -0.25) is 9.59 Å². The summed E-state index contributed by atoms with van der Waals surface area (Å²) < 4.78 is 17.7. The molecule has 1 saturated heterocycles. The van der Waals surface area contributed by atoms with Crippen molar-refractivity contribution in [2.45, 2.75) is 352 Å². The second-order valence-corrected chi connectivity index (χ2v) is 23.6. The van der Waals surface area contributed by atoms with Crippen LogP contribution in [0.4, 0.5) is 0 Å². The molecule has 8 unspecified atom stereocenters. The van der Waals surface area contributed by atoms with Crippen molar-refractivity contribution in [1.29, 1.82) is 0 Å². The number of carbonyl (C=O) groups is 2. The zero-order chi connectivity index (χ0) is 59.6. The van der Waals surface area contributed by atoms with E-state index in [2.05, 4.69) is 86.8 Å². The van der Waals surface area contributed by atoms with Gasteiger partial charge in [-0.15, -0.1) is 0 Å². The average Bonchev–Trinajstić information content (AvgIpc) is 3.68. The molecule has 1 fully saturated rings. The molecule has 0 aromatic carbocycles. The van der Waals surface area contributed by atoms with Gasteiger partial charge in [-0.1, -0.05) is 273 Å². The van der Waals surface area contributed by atoms with E-state index in [-0.39, 0.29) is 19.4 Å². The Bertz CT molecular complexity index is 1610. The number of amides is 1. The van der Waals surface area contributed by atoms with E-state index in [0.29, 0.717) is 12.8 Å². The van der Waals surface area contributed by atoms with Gasteiger partial charge < -0.3 is 45.1 Å². The molecule has 11 heteroatoms. The molecule has 1 aliphatic rings. The number of esters is 1. The van der Waals surface area contributed by atoms with Crippen molar-refractivity contribution in [2.24, 2.45) is 0 Å². The molecule has 0 bridgehead atoms. The third-order valence-electron chi connectivity index (χ3n) is 15.8. The lowest BCUT2D eigenvalue weighted by Gasteiger charge is -2.41. The average molecular weight is 1150 g/mol. The first-order valence-corrected chi connectivity index (χ1v) is 34.2. The summed E-state index contributed by atoms with van der Waals surface area (Å²) in [4.78, 5) is 26.6. The second-order valence-electron chi connectivity index (χ2n) is 23.6. The molecule has 82 heavy (non-hydrogen) atoms. The Morgan fingerprint density at radius 3 is 1.28 bits per heavy atom. The molecule has 0 aliphatic carbocycles. The summed E-state index contributed by atoms with van der Waals surface area (Å²) in [5.41, 5.74) is 0. The van der Waals surface area contributed by atoms with Crippen molar-refractivity contribution in [2.75, 3.05) is 13.2 Å². The van der Waals surface area contributed by atoms with Crippen LogP contribution in [0.3, 0.4) is 0 Å². The Hall–Kier alpha value is -2.90. The van der Waals surface area contributed by atoms with Crippen LogP contribution in [0.5, 0.6) is 0 Å². The minimum atomic E-state index is -1.62. The topological polar surface area (TPSA) is 175 Å². The van der Waals surface area contributed by atoms with Crippen LogP contribution in [0.25, 0.3) is 0 Å². The highest BCUT2D eigenvalue weighted by Gasteiger charge is 2.47. The Morgan fingerprint density at radius 2 is 0.841 bits per heavy atom. The van der Waals surface area contributed by atoms with Crippen LogP contribution in [0.15, 0.2) is 72.9 Å². The van der Waals surface area contributed by atoms with Crippen LogP contribution in [-0.4, -0.2) is 99.6 Å². The van der Waals surface area contributed by atoms with E-state index < -0.39 is 67.4 Å². The summed E-state index contributed by atoms with van der Waals surface area (Å²) in [7, 11) is 0. The fraction of sp³-hybridized carbons (Fsp3) is 0.803. The van der Waals surface area contributed by atoms with Gasteiger partial charge in [0, 0.05) is 6.42 Å². The summed E-state index contributed by atoms with van der Waals surface area (Å²) in [5, 5.41) is 57.2. The maximum atomic E-state index is 13.5. The van der Waals surface area contributed by atoms with Crippen molar-refractivity contribution >= 4 is 11.9 Å². The predicted octanol–water partition coefficient (Wildman–Crippen LogP) is 17.1. The van der Waals surface area contributed by atoms with Gasteiger partial charge in [-0.05, 0) is 96.3 Å². The SMILES string of the molecule is CCCCC/C=C\C/C=C\C/C=C\CCCCCCCCCCCC(O)C(=O)NC(COC1OC(CO)C(O)C(O)C1OC(=O)CCCCCCCCCCC/C=C\C/C=C\CCCCC)C(O)/C=C/CCCCCCCCCCCC. The normalized spacial score (nSPS) is 19.0. The van der Waals surface area contributed by atoms with Crippen molar-refractivity contribution in [3.63, 3.8) is 0 Å². The van der Waals surface area contributed by atoms with Gasteiger partial charge in [-0.25, -0.2) is 0 Å². The van der Waals surface area contributed by atoms with Crippen LogP contribution >= 0.6 is 0 Å². The number of hydrogen-bond donors (Lipinski definition) is 6. The Kier molecular flexibility index (Phi) is 55.0. The lowest BCUT2D eigenvalue weighted by Crippen LogP contribution is -2.61. The molecule has 6 N–H and O–H groups in total. The third kappa shape index (κ3) is 45.5. The lowest BCUT2D eigenvalue weighted by molar-refractivity contribution is -0.305. The largest absolute Gasteiger partial charge is 0.454 e. The van der Waals surface area contributed by atoms with Crippen LogP contribution in [-0.2, 0) is 23.8 Å². The standard InChI is InChI=1S/C71H127NO10/c1-4-7-10-13-16-19-22-25-27-29-31-32-33-35-36-38-40-43-46-49-52-55-58-64(75)70(79)72-62(63(74)57-54-51-48-45-42-24-21-18-15-12-9-6-3)61-80-71-69(68(78)67(77)65(60-73)81-71)82-66(76)59-56-53-50-47-44-41-39-37-34-30-28-26-23-20-17-14-11-8-5-2/h16-17,19-20,25-28,31-32,54,57,62-65,67-69,71,73-75,77-78H,4-15,18,21-24,29-30,33-53,55-56,58-61H2,1-3H3,(H,72,79)/b19-16-,20-17-,27-25-,28-26-,32-31-,57-54+. The highest BCUT2D eigenvalue weighted by molar-refractivity contribution is 5.80. The molecule has 1 rings (SSSR count). The first-order valence-electron chi connectivity index (χ1n) is 34.2. The summed E-state index contributed by atoms with van der Waals surface area (Å²) >= 11 is 0. The fourth-order valence-corrected chi connectivity index (χ4v) is 10.4. The van der Waals surface area contributed by atoms with Crippen LogP contribution in [0.1, 0.15) is 303 Å². The smallest absolute Gasteiger partial charge is 0.306 e. The number of rotatable bonds is 58. The monoisotopic (exact) mass is 1150 g/mol.